The Kier molecular flexibility index (Phi) is 2.48. The fraction of sp³-hybridized carbons (Fsp3) is 0.600. The molecule has 0 aliphatic carbocycles. The van der Waals surface area contributed by atoms with E-state index in [4.69, 9.17) is 0 Å². The first-order valence-corrected chi connectivity index (χ1v) is 5.03. The Labute approximate surface area is 88.3 Å². The molecule has 1 fully saturated rings. The third-order valence-electron chi connectivity index (χ3n) is 2.78. The van der Waals surface area contributed by atoms with Crippen molar-refractivity contribution >= 4 is 5.91 Å². The second-order valence-electron chi connectivity index (χ2n) is 4.18. The van der Waals surface area contributed by atoms with E-state index in [1.54, 1.807) is 22.0 Å². The van der Waals surface area contributed by atoms with Crippen LogP contribution in [0.3, 0.4) is 0 Å². The molecule has 82 valence electrons. The van der Waals surface area contributed by atoms with Crippen molar-refractivity contribution in [2.24, 2.45) is 13.0 Å². The molecular formula is C10H15N3O2. The average Bonchev–Trinajstić information content (AvgIpc) is 2.74. The summed E-state index contributed by atoms with van der Waals surface area (Å²) >= 11 is 0. The van der Waals surface area contributed by atoms with Gasteiger partial charge < -0.3 is 14.6 Å². The number of aryl methyl sites for hydroxylation is 1. The third kappa shape index (κ3) is 1.87. The minimum Gasteiger partial charge on any atom is -0.391 e. The lowest BCUT2D eigenvalue weighted by molar-refractivity contribution is 0.0759. The average molecular weight is 209 g/mol. The van der Waals surface area contributed by atoms with Gasteiger partial charge in [0, 0.05) is 32.3 Å². The lowest BCUT2D eigenvalue weighted by Gasteiger charge is -2.13. The third-order valence-corrected chi connectivity index (χ3v) is 2.78. The predicted octanol–water partition coefficient (Wildman–Crippen LogP) is -0.127. The van der Waals surface area contributed by atoms with Crippen molar-refractivity contribution in [2.75, 3.05) is 13.1 Å². The van der Waals surface area contributed by atoms with Crippen LogP contribution in [-0.2, 0) is 7.05 Å². The molecule has 1 aliphatic heterocycles. The van der Waals surface area contributed by atoms with Gasteiger partial charge in [-0.3, -0.25) is 4.79 Å². The molecule has 5 heteroatoms. The molecule has 5 nitrogen and oxygen atoms in total. The van der Waals surface area contributed by atoms with Crippen molar-refractivity contribution in [3.63, 3.8) is 0 Å². The fourth-order valence-corrected chi connectivity index (χ4v) is 1.80. The second-order valence-corrected chi connectivity index (χ2v) is 4.18. The zero-order valence-electron chi connectivity index (χ0n) is 8.92. The molecule has 2 heterocycles. The van der Waals surface area contributed by atoms with Crippen molar-refractivity contribution in [1.82, 2.24) is 14.5 Å². The van der Waals surface area contributed by atoms with Gasteiger partial charge in [-0.2, -0.15) is 0 Å². The van der Waals surface area contributed by atoms with E-state index in [0.29, 0.717) is 18.8 Å². The van der Waals surface area contributed by atoms with E-state index < -0.39 is 6.10 Å². The van der Waals surface area contributed by atoms with Crippen LogP contribution in [0, 0.1) is 5.92 Å². The van der Waals surface area contributed by atoms with E-state index in [2.05, 4.69) is 4.98 Å². The van der Waals surface area contributed by atoms with Gasteiger partial charge in [-0.05, 0) is 0 Å². The zero-order chi connectivity index (χ0) is 11.0. The standard InChI is InChI=1S/C10H15N3O2/c1-7-3-13(5-9(7)14)10(15)8-4-12(2)6-11-8/h4,6-7,9,14H,3,5H2,1-2H3/t7-,9+/m0/s1. The molecule has 0 saturated carbocycles. The highest BCUT2D eigenvalue weighted by atomic mass is 16.3. The Morgan fingerprint density at radius 1 is 1.60 bits per heavy atom. The monoisotopic (exact) mass is 209 g/mol. The lowest BCUT2D eigenvalue weighted by atomic mass is 10.1. The topological polar surface area (TPSA) is 58.4 Å². The quantitative estimate of drug-likeness (QED) is 0.701. The largest absolute Gasteiger partial charge is 0.391 e. The van der Waals surface area contributed by atoms with E-state index >= 15 is 0 Å². The first kappa shape index (κ1) is 10.2. The first-order valence-electron chi connectivity index (χ1n) is 5.03. The molecule has 15 heavy (non-hydrogen) atoms. The normalized spacial score (nSPS) is 25.9. The Bertz CT molecular complexity index is 364. The summed E-state index contributed by atoms with van der Waals surface area (Å²) in [5.74, 6) is 0.0525. The Balaban J connectivity index is 2.10. The summed E-state index contributed by atoms with van der Waals surface area (Å²) in [5.41, 5.74) is 0.443. The number of β-amino-alcohol motifs (C(OH)–C–C–N with tert-alkyl or cyclic N) is 1. The highest BCUT2D eigenvalue weighted by Gasteiger charge is 2.31. The van der Waals surface area contributed by atoms with E-state index in [1.165, 1.54) is 0 Å². The first-order chi connectivity index (χ1) is 7.08. The van der Waals surface area contributed by atoms with Gasteiger partial charge >= 0.3 is 0 Å². The van der Waals surface area contributed by atoms with Crippen LogP contribution in [0.25, 0.3) is 0 Å². The molecule has 1 N–H and O–H groups in total. The van der Waals surface area contributed by atoms with Crippen molar-refractivity contribution in [3.8, 4) is 0 Å². The van der Waals surface area contributed by atoms with E-state index in [0.717, 1.165) is 0 Å². The molecule has 1 aliphatic rings. The summed E-state index contributed by atoms with van der Waals surface area (Å²) in [7, 11) is 1.82. The van der Waals surface area contributed by atoms with Gasteiger partial charge in [-0.1, -0.05) is 6.92 Å². The molecule has 1 aromatic heterocycles. The van der Waals surface area contributed by atoms with Crippen LogP contribution in [0.1, 0.15) is 17.4 Å². The SMILES string of the molecule is C[C@H]1CN(C(=O)c2cn(C)cn2)C[C@H]1O. The highest BCUT2D eigenvalue weighted by Crippen LogP contribution is 2.17. The van der Waals surface area contributed by atoms with Gasteiger partial charge in [0.1, 0.15) is 5.69 Å². The number of aromatic nitrogens is 2. The number of likely N-dealkylation sites (tertiary alicyclic amines) is 1. The maximum Gasteiger partial charge on any atom is 0.274 e. The van der Waals surface area contributed by atoms with Crippen LogP contribution in [0.5, 0.6) is 0 Å². The zero-order valence-corrected chi connectivity index (χ0v) is 8.92. The molecular weight excluding hydrogens is 194 g/mol. The van der Waals surface area contributed by atoms with Crippen LogP contribution in [0.15, 0.2) is 12.5 Å². The maximum absolute atomic E-state index is 11.9. The summed E-state index contributed by atoms with van der Waals surface area (Å²) in [4.78, 5) is 17.5. The summed E-state index contributed by atoms with van der Waals surface area (Å²) in [6.45, 7) is 2.96. The molecule has 0 spiro atoms. The number of hydrogen-bond acceptors (Lipinski definition) is 3. The fourth-order valence-electron chi connectivity index (χ4n) is 1.80. The van der Waals surface area contributed by atoms with Crippen LogP contribution < -0.4 is 0 Å². The minimum atomic E-state index is -0.405. The minimum absolute atomic E-state index is 0.0981. The van der Waals surface area contributed by atoms with Crippen molar-refractivity contribution in [1.29, 1.82) is 0 Å². The molecule has 2 rings (SSSR count). The van der Waals surface area contributed by atoms with E-state index in [9.17, 15) is 9.90 Å². The maximum atomic E-state index is 11.9. The summed E-state index contributed by atoms with van der Waals surface area (Å²) in [5, 5.41) is 9.55. The number of hydrogen-bond donors (Lipinski definition) is 1. The Morgan fingerprint density at radius 3 is 2.80 bits per heavy atom. The predicted molar refractivity (Wildman–Crippen MR) is 54.3 cm³/mol. The number of carbonyl (C=O) groups is 1. The van der Waals surface area contributed by atoms with Crippen molar-refractivity contribution in [3.05, 3.63) is 18.2 Å². The molecule has 1 saturated heterocycles. The molecule has 1 amide bonds. The van der Waals surface area contributed by atoms with Gasteiger partial charge in [0.2, 0.25) is 0 Å². The Morgan fingerprint density at radius 2 is 2.33 bits per heavy atom. The number of aliphatic hydroxyl groups is 1. The van der Waals surface area contributed by atoms with Gasteiger partial charge in [0.25, 0.3) is 5.91 Å². The summed E-state index contributed by atoms with van der Waals surface area (Å²) in [6, 6.07) is 0. The molecule has 1 aromatic rings. The van der Waals surface area contributed by atoms with Crippen LogP contribution >= 0.6 is 0 Å². The van der Waals surface area contributed by atoms with Crippen molar-refractivity contribution in [2.45, 2.75) is 13.0 Å². The van der Waals surface area contributed by atoms with Gasteiger partial charge in [-0.15, -0.1) is 0 Å². The number of aliphatic hydroxyl groups excluding tert-OH is 1. The van der Waals surface area contributed by atoms with E-state index in [-0.39, 0.29) is 11.8 Å². The number of rotatable bonds is 1. The molecule has 0 bridgehead atoms. The molecule has 0 unspecified atom stereocenters. The van der Waals surface area contributed by atoms with E-state index in [1.807, 2.05) is 14.0 Å². The van der Waals surface area contributed by atoms with Crippen LogP contribution in [0.4, 0.5) is 0 Å². The number of amides is 1. The Hall–Kier alpha value is -1.36. The summed E-state index contributed by atoms with van der Waals surface area (Å²) < 4.78 is 1.74. The number of nitrogens with zero attached hydrogens (tertiary/aromatic N) is 3. The van der Waals surface area contributed by atoms with Crippen molar-refractivity contribution < 1.29 is 9.90 Å². The molecule has 0 aromatic carbocycles. The molecule has 2 atom stereocenters. The van der Waals surface area contributed by atoms with Gasteiger partial charge in [-0.25, -0.2) is 4.98 Å². The molecule has 0 radical (unpaired) electrons. The second kappa shape index (κ2) is 3.66. The highest BCUT2D eigenvalue weighted by molar-refractivity contribution is 5.92. The van der Waals surface area contributed by atoms with Gasteiger partial charge in [0.15, 0.2) is 0 Å². The number of imidazole rings is 1. The lowest BCUT2D eigenvalue weighted by Crippen LogP contribution is -2.29. The number of carbonyl (C=O) groups excluding carboxylic acids is 1. The van der Waals surface area contributed by atoms with Crippen LogP contribution in [0.2, 0.25) is 0 Å². The smallest absolute Gasteiger partial charge is 0.274 e. The van der Waals surface area contributed by atoms with Gasteiger partial charge in [0.05, 0.1) is 12.4 Å². The van der Waals surface area contributed by atoms with Crippen LogP contribution in [-0.4, -0.2) is 44.7 Å². The summed E-state index contributed by atoms with van der Waals surface area (Å²) in [6.07, 6.45) is 2.89.